The molecule has 1 heterocycles. The van der Waals surface area contributed by atoms with Gasteiger partial charge >= 0.3 is 6.61 Å². The molecule has 0 atom stereocenters. The fourth-order valence-electron chi connectivity index (χ4n) is 0.894. The quantitative estimate of drug-likeness (QED) is 0.861. The molecule has 0 radical (unpaired) electrons. The minimum Gasteiger partial charge on any atom is -0.433 e. The van der Waals surface area contributed by atoms with Crippen molar-refractivity contribution in [3.8, 4) is 5.75 Å². The van der Waals surface area contributed by atoms with Crippen LogP contribution >= 0.6 is 0 Å². The number of hydrogen-bond acceptors (Lipinski definition) is 4. The third-order valence-electron chi connectivity index (χ3n) is 1.59. The molecule has 5 nitrogen and oxygen atoms in total. The minimum atomic E-state index is -3.45. The standard InChI is InChI=1S/C8H10F2N2O3S/c1-2-16(13,14)12-6-3-7(5-11-4-6)15-8(9)10/h3-5,8,12H,2H2,1H3. The van der Waals surface area contributed by atoms with Crippen LogP contribution in [0.25, 0.3) is 0 Å². The smallest absolute Gasteiger partial charge is 0.387 e. The predicted molar refractivity (Wildman–Crippen MR) is 54.0 cm³/mol. The number of alkyl halides is 2. The Morgan fingerprint density at radius 2 is 2.19 bits per heavy atom. The van der Waals surface area contributed by atoms with E-state index in [2.05, 4.69) is 14.4 Å². The van der Waals surface area contributed by atoms with E-state index in [1.54, 1.807) is 0 Å². The molecule has 90 valence electrons. The first-order valence-corrected chi connectivity index (χ1v) is 5.98. The number of ether oxygens (including phenoxy) is 1. The summed E-state index contributed by atoms with van der Waals surface area (Å²) in [4.78, 5) is 3.57. The number of nitrogens with one attached hydrogen (secondary N) is 1. The maximum atomic E-state index is 11.9. The molecule has 8 heteroatoms. The number of nitrogens with zero attached hydrogens (tertiary/aromatic N) is 1. The Hall–Kier alpha value is -1.44. The molecule has 1 aromatic rings. The zero-order valence-electron chi connectivity index (χ0n) is 8.35. The van der Waals surface area contributed by atoms with E-state index in [-0.39, 0.29) is 17.2 Å². The first-order chi connectivity index (χ1) is 7.43. The monoisotopic (exact) mass is 252 g/mol. The number of hydrogen-bond donors (Lipinski definition) is 1. The maximum absolute atomic E-state index is 11.9. The zero-order chi connectivity index (χ0) is 12.2. The average molecular weight is 252 g/mol. The summed E-state index contributed by atoms with van der Waals surface area (Å²) in [5.41, 5.74) is 0.0833. The van der Waals surface area contributed by atoms with Gasteiger partial charge in [0.15, 0.2) is 0 Å². The Bertz CT molecular complexity index is 450. The van der Waals surface area contributed by atoms with Crippen LogP contribution in [0.5, 0.6) is 5.75 Å². The van der Waals surface area contributed by atoms with Crippen molar-refractivity contribution in [2.75, 3.05) is 10.5 Å². The molecule has 16 heavy (non-hydrogen) atoms. The molecule has 0 spiro atoms. The summed E-state index contributed by atoms with van der Waals surface area (Å²) < 4.78 is 52.3. The van der Waals surface area contributed by atoms with Crippen LogP contribution in [0.2, 0.25) is 0 Å². The van der Waals surface area contributed by atoms with Crippen LogP contribution in [0.1, 0.15) is 6.92 Å². The van der Waals surface area contributed by atoms with Gasteiger partial charge in [-0.15, -0.1) is 0 Å². The number of anilines is 1. The summed E-state index contributed by atoms with van der Waals surface area (Å²) in [5, 5.41) is 0. The predicted octanol–water partition coefficient (Wildman–Crippen LogP) is 1.44. The van der Waals surface area contributed by atoms with Gasteiger partial charge in [0.2, 0.25) is 10.0 Å². The molecule has 0 saturated carbocycles. The van der Waals surface area contributed by atoms with Gasteiger partial charge in [-0.2, -0.15) is 8.78 Å². The molecule has 0 unspecified atom stereocenters. The lowest BCUT2D eigenvalue weighted by Gasteiger charge is -2.07. The van der Waals surface area contributed by atoms with E-state index in [4.69, 9.17) is 0 Å². The van der Waals surface area contributed by atoms with E-state index in [0.29, 0.717) is 0 Å². The number of aromatic nitrogens is 1. The fraction of sp³-hybridized carbons (Fsp3) is 0.375. The molecule has 0 aromatic carbocycles. The van der Waals surface area contributed by atoms with Gasteiger partial charge in [-0.05, 0) is 6.92 Å². The molecule has 1 rings (SSSR count). The van der Waals surface area contributed by atoms with Gasteiger partial charge in [-0.1, -0.05) is 0 Å². The van der Waals surface area contributed by atoms with Crippen LogP contribution in [0, 0.1) is 0 Å². The second-order valence-electron chi connectivity index (χ2n) is 2.79. The topological polar surface area (TPSA) is 68.3 Å². The molecule has 1 N–H and O–H groups in total. The summed E-state index contributed by atoms with van der Waals surface area (Å²) in [7, 11) is -3.45. The van der Waals surface area contributed by atoms with Crippen molar-refractivity contribution in [3.05, 3.63) is 18.5 Å². The summed E-state index contributed by atoms with van der Waals surface area (Å²) in [6.45, 7) is -1.52. The third-order valence-corrected chi connectivity index (χ3v) is 2.90. The summed E-state index contributed by atoms with van der Waals surface area (Å²) in [6.07, 6.45) is 2.27. The van der Waals surface area contributed by atoms with E-state index >= 15 is 0 Å². The van der Waals surface area contributed by atoms with Crippen molar-refractivity contribution in [2.45, 2.75) is 13.5 Å². The van der Waals surface area contributed by atoms with Gasteiger partial charge in [0.05, 0.1) is 23.8 Å². The van der Waals surface area contributed by atoms with Crippen molar-refractivity contribution in [3.63, 3.8) is 0 Å². The van der Waals surface area contributed by atoms with Crippen molar-refractivity contribution in [1.29, 1.82) is 0 Å². The van der Waals surface area contributed by atoms with Gasteiger partial charge in [-0.25, -0.2) is 8.42 Å². The summed E-state index contributed by atoms with van der Waals surface area (Å²) >= 11 is 0. The summed E-state index contributed by atoms with van der Waals surface area (Å²) in [6, 6.07) is 1.13. The molecular weight excluding hydrogens is 242 g/mol. The van der Waals surface area contributed by atoms with Crippen LogP contribution in [0.15, 0.2) is 18.5 Å². The largest absolute Gasteiger partial charge is 0.433 e. The fourth-order valence-corrected chi connectivity index (χ4v) is 1.51. The average Bonchev–Trinajstić information content (AvgIpc) is 2.16. The van der Waals surface area contributed by atoms with E-state index in [1.807, 2.05) is 0 Å². The van der Waals surface area contributed by atoms with Crippen molar-refractivity contribution in [2.24, 2.45) is 0 Å². The van der Waals surface area contributed by atoms with Crippen LogP contribution in [0.4, 0.5) is 14.5 Å². The van der Waals surface area contributed by atoms with E-state index in [9.17, 15) is 17.2 Å². The van der Waals surface area contributed by atoms with Gasteiger partial charge in [0, 0.05) is 6.07 Å². The highest BCUT2D eigenvalue weighted by molar-refractivity contribution is 7.92. The van der Waals surface area contributed by atoms with Crippen molar-refractivity contribution < 1.29 is 21.9 Å². The molecule has 0 aliphatic carbocycles. The Morgan fingerprint density at radius 3 is 2.75 bits per heavy atom. The first kappa shape index (κ1) is 12.6. The van der Waals surface area contributed by atoms with Crippen molar-refractivity contribution >= 4 is 15.7 Å². The van der Waals surface area contributed by atoms with Gasteiger partial charge in [0.1, 0.15) is 5.75 Å². The van der Waals surface area contributed by atoms with E-state index in [1.165, 1.54) is 13.1 Å². The molecule has 0 aliphatic heterocycles. The molecule has 0 amide bonds. The van der Waals surface area contributed by atoms with Crippen LogP contribution in [0.3, 0.4) is 0 Å². The highest BCUT2D eigenvalue weighted by Gasteiger charge is 2.09. The molecule has 0 fully saturated rings. The molecule has 1 aromatic heterocycles. The maximum Gasteiger partial charge on any atom is 0.387 e. The Kier molecular flexibility index (Phi) is 3.99. The van der Waals surface area contributed by atoms with Gasteiger partial charge < -0.3 is 4.74 Å². The highest BCUT2D eigenvalue weighted by atomic mass is 32.2. The second-order valence-corrected chi connectivity index (χ2v) is 4.80. The number of sulfonamides is 1. The van der Waals surface area contributed by atoms with Crippen molar-refractivity contribution in [1.82, 2.24) is 4.98 Å². The highest BCUT2D eigenvalue weighted by Crippen LogP contribution is 2.18. The molecule has 0 aliphatic rings. The first-order valence-electron chi connectivity index (χ1n) is 4.33. The minimum absolute atomic E-state index is 0.0833. The Balaban J connectivity index is 2.83. The number of halogens is 2. The van der Waals surface area contributed by atoms with E-state index < -0.39 is 16.6 Å². The molecule has 0 bridgehead atoms. The molecule has 0 saturated heterocycles. The number of rotatable bonds is 5. The normalized spacial score (nSPS) is 11.5. The lowest BCUT2D eigenvalue weighted by Crippen LogP contribution is -2.14. The Morgan fingerprint density at radius 1 is 1.50 bits per heavy atom. The summed E-state index contributed by atoms with van der Waals surface area (Å²) in [5.74, 6) is -0.321. The van der Waals surface area contributed by atoms with Crippen LogP contribution in [-0.2, 0) is 10.0 Å². The zero-order valence-corrected chi connectivity index (χ0v) is 9.17. The second kappa shape index (κ2) is 5.06. The SMILES string of the molecule is CCS(=O)(=O)Nc1cncc(OC(F)F)c1. The van der Waals surface area contributed by atoms with Crippen LogP contribution < -0.4 is 9.46 Å². The van der Waals surface area contributed by atoms with E-state index in [0.717, 1.165) is 12.3 Å². The van der Waals surface area contributed by atoms with Crippen LogP contribution in [-0.4, -0.2) is 25.8 Å². The van der Waals surface area contributed by atoms with Gasteiger partial charge in [-0.3, -0.25) is 9.71 Å². The Labute approximate surface area is 91.5 Å². The third kappa shape index (κ3) is 3.97. The van der Waals surface area contributed by atoms with Gasteiger partial charge in [0.25, 0.3) is 0 Å². The number of pyridine rings is 1. The molecular formula is C8H10F2N2O3S. The lowest BCUT2D eigenvalue weighted by atomic mass is 10.4. The lowest BCUT2D eigenvalue weighted by molar-refractivity contribution is -0.0500.